The molecule has 154 valence electrons. The molecule has 0 spiro atoms. The maximum Gasteiger partial charge on any atom is 0.113 e. The van der Waals surface area contributed by atoms with Crippen molar-refractivity contribution < 1.29 is 0 Å². The molecule has 0 fully saturated rings. The molecule has 2 radical (unpaired) electrons. The third-order valence-corrected chi connectivity index (χ3v) is 6.11. The number of aromatic nitrogens is 1. The lowest BCUT2D eigenvalue weighted by Crippen LogP contribution is -2.09. The van der Waals surface area contributed by atoms with E-state index >= 15 is 0 Å². The van der Waals surface area contributed by atoms with Crippen LogP contribution in [0, 0.1) is 0 Å². The van der Waals surface area contributed by atoms with Crippen LogP contribution in [0.15, 0.2) is 121 Å². The molecule has 1 aromatic heterocycles. The van der Waals surface area contributed by atoms with Crippen molar-refractivity contribution in [2.45, 2.75) is 0 Å². The SMILES string of the molecule is [B]c1ccc2[nH]c3ccc(-c4ccc(N(c5ccccc5)c5ccccc5)cc4)cc3c2c1. The second kappa shape index (κ2) is 8.03. The van der Waals surface area contributed by atoms with E-state index in [9.17, 15) is 0 Å². The molecule has 0 unspecified atom stereocenters. The first-order chi connectivity index (χ1) is 16.3. The normalized spacial score (nSPS) is 11.2. The van der Waals surface area contributed by atoms with E-state index in [-0.39, 0.29) is 0 Å². The Bertz CT molecular complexity index is 1510. The van der Waals surface area contributed by atoms with Crippen molar-refractivity contribution in [1.29, 1.82) is 0 Å². The summed E-state index contributed by atoms with van der Waals surface area (Å²) in [6.07, 6.45) is 0. The number of nitrogens with one attached hydrogen (secondary N) is 1. The summed E-state index contributed by atoms with van der Waals surface area (Å²) in [7, 11) is 6.05. The topological polar surface area (TPSA) is 19.0 Å². The summed E-state index contributed by atoms with van der Waals surface area (Å²) in [4.78, 5) is 5.76. The number of nitrogens with zero attached hydrogens (tertiary/aromatic N) is 1. The molecule has 33 heavy (non-hydrogen) atoms. The van der Waals surface area contributed by atoms with E-state index in [1.54, 1.807) is 0 Å². The minimum Gasteiger partial charge on any atom is -0.355 e. The predicted molar refractivity (Wildman–Crippen MR) is 141 cm³/mol. The van der Waals surface area contributed by atoms with E-state index in [0.717, 1.165) is 38.9 Å². The maximum absolute atomic E-state index is 6.05. The zero-order chi connectivity index (χ0) is 22.2. The number of aromatic amines is 1. The van der Waals surface area contributed by atoms with Crippen molar-refractivity contribution in [3.8, 4) is 11.1 Å². The number of hydrogen-bond donors (Lipinski definition) is 1. The van der Waals surface area contributed by atoms with Gasteiger partial charge in [-0.1, -0.05) is 72.2 Å². The van der Waals surface area contributed by atoms with Gasteiger partial charge in [-0.15, -0.1) is 0 Å². The first-order valence-electron chi connectivity index (χ1n) is 11.1. The molecule has 0 saturated heterocycles. The van der Waals surface area contributed by atoms with Crippen molar-refractivity contribution in [2.75, 3.05) is 4.90 Å². The number of H-pyrrole nitrogens is 1. The van der Waals surface area contributed by atoms with Crippen LogP contribution in [-0.4, -0.2) is 12.8 Å². The summed E-state index contributed by atoms with van der Waals surface area (Å²) in [6, 6.07) is 42.3. The number of rotatable bonds is 4. The molecule has 0 bridgehead atoms. The highest BCUT2D eigenvalue weighted by atomic mass is 15.1. The van der Waals surface area contributed by atoms with Crippen LogP contribution < -0.4 is 10.4 Å². The van der Waals surface area contributed by atoms with Gasteiger partial charge >= 0.3 is 0 Å². The van der Waals surface area contributed by atoms with E-state index in [0.29, 0.717) is 0 Å². The number of para-hydroxylation sites is 2. The van der Waals surface area contributed by atoms with E-state index in [2.05, 4.69) is 101 Å². The van der Waals surface area contributed by atoms with Crippen molar-refractivity contribution >= 4 is 52.2 Å². The fourth-order valence-electron chi connectivity index (χ4n) is 4.50. The van der Waals surface area contributed by atoms with Gasteiger partial charge in [-0.2, -0.15) is 0 Å². The Labute approximate surface area is 194 Å². The van der Waals surface area contributed by atoms with Crippen LogP contribution in [0.5, 0.6) is 0 Å². The Morgan fingerprint density at radius 1 is 0.485 bits per heavy atom. The van der Waals surface area contributed by atoms with Crippen LogP contribution in [-0.2, 0) is 0 Å². The lowest BCUT2D eigenvalue weighted by Gasteiger charge is -2.25. The van der Waals surface area contributed by atoms with Gasteiger partial charge in [0.2, 0.25) is 0 Å². The molecule has 0 atom stereocenters. The molecular formula is C30H21BN2. The van der Waals surface area contributed by atoms with Crippen LogP contribution >= 0.6 is 0 Å². The minimum absolute atomic E-state index is 0.778. The summed E-state index contributed by atoms with van der Waals surface area (Å²) < 4.78 is 0. The quantitative estimate of drug-likeness (QED) is 0.298. The second-order valence-electron chi connectivity index (χ2n) is 8.24. The van der Waals surface area contributed by atoms with Gasteiger partial charge < -0.3 is 9.88 Å². The highest BCUT2D eigenvalue weighted by Gasteiger charge is 2.12. The fraction of sp³-hybridized carbons (Fsp3) is 0. The van der Waals surface area contributed by atoms with Crippen molar-refractivity contribution in [3.05, 3.63) is 121 Å². The van der Waals surface area contributed by atoms with Gasteiger partial charge in [0.1, 0.15) is 7.85 Å². The molecule has 6 rings (SSSR count). The van der Waals surface area contributed by atoms with Crippen LogP contribution in [0.3, 0.4) is 0 Å². The molecule has 0 aliphatic carbocycles. The van der Waals surface area contributed by atoms with Gasteiger partial charge in [-0.3, -0.25) is 0 Å². The molecule has 1 heterocycles. The standard InChI is InChI=1S/C30H21BN2/c31-23-14-18-30-28(20-23)27-19-22(13-17-29(27)32-30)21-11-15-26(16-12-21)33(24-7-3-1-4-8-24)25-9-5-2-6-10-25/h1-20,32H. The molecule has 3 heteroatoms. The molecule has 0 amide bonds. The average molecular weight is 420 g/mol. The van der Waals surface area contributed by atoms with E-state index in [4.69, 9.17) is 7.85 Å². The Morgan fingerprint density at radius 2 is 1.00 bits per heavy atom. The third kappa shape index (κ3) is 3.58. The van der Waals surface area contributed by atoms with Crippen LogP contribution in [0.1, 0.15) is 0 Å². The molecule has 2 nitrogen and oxygen atoms in total. The number of anilines is 3. The van der Waals surface area contributed by atoms with Gasteiger partial charge in [-0.05, 0) is 65.7 Å². The van der Waals surface area contributed by atoms with Gasteiger partial charge in [0.15, 0.2) is 0 Å². The molecule has 0 aliphatic rings. The largest absolute Gasteiger partial charge is 0.355 e. The molecule has 0 saturated carbocycles. The van der Waals surface area contributed by atoms with Crippen LogP contribution in [0.2, 0.25) is 0 Å². The Kier molecular flexibility index (Phi) is 4.73. The number of fused-ring (bicyclic) bond motifs is 3. The molecule has 5 aromatic carbocycles. The Morgan fingerprint density at radius 3 is 1.64 bits per heavy atom. The van der Waals surface area contributed by atoms with Crippen LogP contribution in [0.25, 0.3) is 32.9 Å². The Balaban J connectivity index is 1.41. The minimum atomic E-state index is 0.778. The molecule has 6 aromatic rings. The lowest BCUT2D eigenvalue weighted by atomic mass is 9.94. The van der Waals surface area contributed by atoms with E-state index in [1.807, 2.05) is 30.3 Å². The van der Waals surface area contributed by atoms with Crippen molar-refractivity contribution in [1.82, 2.24) is 4.98 Å². The van der Waals surface area contributed by atoms with Gasteiger partial charge in [0.05, 0.1) is 0 Å². The summed E-state index contributed by atoms with van der Waals surface area (Å²) >= 11 is 0. The molecule has 0 aliphatic heterocycles. The summed E-state index contributed by atoms with van der Waals surface area (Å²) in [5, 5.41) is 2.34. The van der Waals surface area contributed by atoms with Gasteiger partial charge in [0, 0.05) is 38.9 Å². The van der Waals surface area contributed by atoms with Crippen molar-refractivity contribution in [3.63, 3.8) is 0 Å². The summed E-state index contributed by atoms with van der Waals surface area (Å²) in [5.41, 5.74) is 8.76. The Hall–Kier alpha value is -4.24. The monoisotopic (exact) mass is 420 g/mol. The average Bonchev–Trinajstić information content (AvgIpc) is 3.23. The smallest absolute Gasteiger partial charge is 0.113 e. The summed E-state index contributed by atoms with van der Waals surface area (Å²) in [6.45, 7) is 0. The second-order valence-corrected chi connectivity index (χ2v) is 8.24. The summed E-state index contributed by atoms with van der Waals surface area (Å²) in [5.74, 6) is 0. The zero-order valence-electron chi connectivity index (χ0n) is 18.1. The van der Waals surface area contributed by atoms with Crippen LogP contribution in [0.4, 0.5) is 17.1 Å². The van der Waals surface area contributed by atoms with Crippen molar-refractivity contribution in [2.24, 2.45) is 0 Å². The van der Waals surface area contributed by atoms with E-state index in [1.165, 1.54) is 16.5 Å². The molecule has 1 N–H and O–H groups in total. The predicted octanol–water partition coefficient (Wildman–Crippen LogP) is 7.25. The number of benzene rings is 5. The highest BCUT2D eigenvalue weighted by Crippen LogP contribution is 2.36. The molecular weight excluding hydrogens is 399 g/mol. The van der Waals surface area contributed by atoms with Gasteiger partial charge in [-0.25, -0.2) is 0 Å². The lowest BCUT2D eigenvalue weighted by molar-refractivity contribution is 1.28. The first kappa shape index (κ1) is 19.5. The van der Waals surface area contributed by atoms with Gasteiger partial charge in [0.25, 0.3) is 0 Å². The highest BCUT2D eigenvalue weighted by molar-refractivity contribution is 6.33. The zero-order valence-corrected chi connectivity index (χ0v) is 18.1. The maximum atomic E-state index is 6.05. The third-order valence-electron chi connectivity index (χ3n) is 6.11. The first-order valence-corrected chi connectivity index (χ1v) is 11.1. The fourth-order valence-corrected chi connectivity index (χ4v) is 4.50. The van der Waals surface area contributed by atoms with E-state index < -0.39 is 0 Å². The number of hydrogen-bond acceptors (Lipinski definition) is 1.